The molecule has 1 saturated carbocycles. The Kier molecular flexibility index (Phi) is 7.72. The zero-order valence-electron chi connectivity index (χ0n) is 15.0. The fraction of sp³-hybridized carbons (Fsp3) is 0.579. The van der Waals surface area contributed by atoms with Crippen molar-refractivity contribution in [2.75, 3.05) is 19.7 Å². The molecular weight excluding hydrogens is 354 g/mol. The molecular formula is C19H28ClN3O3. The lowest BCUT2D eigenvalue weighted by Crippen LogP contribution is -2.38. The highest BCUT2D eigenvalue weighted by molar-refractivity contribution is 5.94. The maximum Gasteiger partial charge on any atom is 0.260 e. The first kappa shape index (κ1) is 20.5. The Morgan fingerprint density at radius 2 is 1.96 bits per heavy atom. The summed E-state index contributed by atoms with van der Waals surface area (Å²) in [7, 11) is 0. The zero-order chi connectivity index (χ0) is 17.6. The first-order chi connectivity index (χ1) is 12.1. The van der Waals surface area contributed by atoms with Gasteiger partial charge in [-0.2, -0.15) is 0 Å². The van der Waals surface area contributed by atoms with Crippen LogP contribution in [0.1, 0.15) is 48.9 Å². The highest BCUT2D eigenvalue weighted by Gasteiger charge is 2.23. The molecule has 144 valence electrons. The summed E-state index contributed by atoms with van der Waals surface area (Å²) < 4.78 is 5.61. The Morgan fingerprint density at radius 3 is 2.65 bits per heavy atom. The number of carbonyl (C=O) groups is 2. The lowest BCUT2D eigenvalue weighted by molar-refractivity contribution is -0.134. The van der Waals surface area contributed by atoms with E-state index in [1.54, 1.807) is 24.3 Å². The number of piperidine rings is 1. The summed E-state index contributed by atoms with van der Waals surface area (Å²) >= 11 is 0. The second-order valence-electron chi connectivity index (χ2n) is 7.00. The number of likely N-dealkylation sites (tertiary alicyclic amines) is 1. The van der Waals surface area contributed by atoms with Crippen molar-refractivity contribution in [2.24, 2.45) is 5.73 Å². The Hall–Kier alpha value is -1.79. The molecule has 0 spiro atoms. The number of carbonyl (C=O) groups excluding carboxylic acids is 2. The fourth-order valence-electron chi connectivity index (χ4n) is 3.52. The average molecular weight is 382 g/mol. The maximum atomic E-state index is 12.4. The van der Waals surface area contributed by atoms with Crippen molar-refractivity contribution in [3.8, 4) is 5.75 Å². The normalized spacial score (nSPS) is 22.4. The topological polar surface area (TPSA) is 84.7 Å². The Morgan fingerprint density at radius 1 is 1.19 bits per heavy atom. The zero-order valence-corrected chi connectivity index (χ0v) is 15.8. The molecule has 26 heavy (non-hydrogen) atoms. The Balaban J connectivity index is 0.00000243. The van der Waals surface area contributed by atoms with Crippen LogP contribution in [0.25, 0.3) is 0 Å². The molecule has 1 heterocycles. The molecule has 1 aromatic rings. The molecule has 0 aromatic heterocycles. The van der Waals surface area contributed by atoms with Gasteiger partial charge in [0.05, 0.1) is 0 Å². The smallest absolute Gasteiger partial charge is 0.260 e. The molecule has 0 bridgehead atoms. The van der Waals surface area contributed by atoms with Crippen LogP contribution in [0.3, 0.4) is 0 Å². The Labute approximate surface area is 160 Å². The number of hydrogen-bond acceptors (Lipinski definition) is 4. The van der Waals surface area contributed by atoms with Gasteiger partial charge in [0.25, 0.3) is 11.8 Å². The van der Waals surface area contributed by atoms with Crippen LogP contribution in [-0.2, 0) is 4.79 Å². The van der Waals surface area contributed by atoms with Crippen molar-refractivity contribution in [2.45, 2.75) is 50.6 Å². The number of nitrogens with one attached hydrogen (secondary N) is 1. The van der Waals surface area contributed by atoms with Gasteiger partial charge in [0.1, 0.15) is 5.75 Å². The van der Waals surface area contributed by atoms with E-state index >= 15 is 0 Å². The molecule has 6 nitrogen and oxygen atoms in total. The van der Waals surface area contributed by atoms with Crippen molar-refractivity contribution in [1.82, 2.24) is 10.2 Å². The largest absolute Gasteiger partial charge is 0.484 e. The molecule has 2 atom stereocenters. The van der Waals surface area contributed by atoms with Crippen LogP contribution in [0.5, 0.6) is 5.75 Å². The molecule has 2 fully saturated rings. The van der Waals surface area contributed by atoms with Gasteiger partial charge in [0.2, 0.25) is 0 Å². The van der Waals surface area contributed by atoms with E-state index < -0.39 is 0 Å². The van der Waals surface area contributed by atoms with Crippen LogP contribution in [0.2, 0.25) is 0 Å². The van der Waals surface area contributed by atoms with Crippen molar-refractivity contribution >= 4 is 24.2 Å². The van der Waals surface area contributed by atoms with E-state index in [1.165, 1.54) is 6.42 Å². The monoisotopic (exact) mass is 381 g/mol. The minimum absolute atomic E-state index is 0. The number of nitrogens with two attached hydrogens (primary N) is 1. The molecule has 1 aromatic carbocycles. The lowest BCUT2D eigenvalue weighted by Gasteiger charge is -2.26. The second-order valence-corrected chi connectivity index (χ2v) is 7.00. The molecule has 0 unspecified atom stereocenters. The number of halogens is 1. The first-order valence-corrected chi connectivity index (χ1v) is 9.19. The third-order valence-electron chi connectivity index (χ3n) is 4.98. The highest BCUT2D eigenvalue weighted by Crippen LogP contribution is 2.19. The van der Waals surface area contributed by atoms with Gasteiger partial charge in [-0.25, -0.2) is 0 Å². The molecule has 2 amide bonds. The number of benzene rings is 1. The quantitative estimate of drug-likeness (QED) is 0.818. The van der Waals surface area contributed by atoms with Gasteiger partial charge in [-0.15, -0.1) is 12.4 Å². The predicted molar refractivity (Wildman–Crippen MR) is 103 cm³/mol. The summed E-state index contributed by atoms with van der Waals surface area (Å²) in [5.41, 5.74) is 6.43. The van der Waals surface area contributed by atoms with Gasteiger partial charge in [-0.3, -0.25) is 9.59 Å². The summed E-state index contributed by atoms with van der Waals surface area (Å²) in [5.74, 6) is 0.433. The predicted octanol–water partition coefficient (Wildman–Crippen LogP) is 2.11. The summed E-state index contributed by atoms with van der Waals surface area (Å²) in [5, 5.41) is 3.02. The molecule has 0 radical (unpaired) electrons. The molecule has 2 aliphatic rings. The highest BCUT2D eigenvalue weighted by atomic mass is 35.5. The van der Waals surface area contributed by atoms with Gasteiger partial charge in [-0.05, 0) is 56.7 Å². The number of hydrogen-bond donors (Lipinski definition) is 2. The minimum atomic E-state index is -0.119. The molecule has 3 rings (SSSR count). The SMILES string of the molecule is Cl.N[C@@H]1CC[C@@H](NC(=O)c2cccc(OCC(=O)N3CCCCC3)c2)C1. The molecule has 7 heteroatoms. The first-order valence-electron chi connectivity index (χ1n) is 9.19. The summed E-state index contributed by atoms with van der Waals surface area (Å²) in [4.78, 5) is 26.4. The number of nitrogens with zero attached hydrogens (tertiary/aromatic N) is 1. The van der Waals surface area contributed by atoms with Crippen LogP contribution in [0.4, 0.5) is 0 Å². The summed E-state index contributed by atoms with van der Waals surface area (Å²) in [6, 6.07) is 7.31. The van der Waals surface area contributed by atoms with Crippen LogP contribution < -0.4 is 15.8 Å². The van der Waals surface area contributed by atoms with E-state index in [0.717, 1.165) is 45.2 Å². The fourth-order valence-corrected chi connectivity index (χ4v) is 3.52. The van der Waals surface area contributed by atoms with E-state index in [9.17, 15) is 9.59 Å². The minimum Gasteiger partial charge on any atom is -0.484 e. The van der Waals surface area contributed by atoms with E-state index in [1.807, 2.05) is 4.90 Å². The average Bonchev–Trinajstić information content (AvgIpc) is 3.05. The third-order valence-corrected chi connectivity index (χ3v) is 4.98. The van der Waals surface area contributed by atoms with Gasteiger partial charge in [-0.1, -0.05) is 6.07 Å². The third kappa shape index (κ3) is 5.61. The number of amides is 2. The lowest BCUT2D eigenvalue weighted by atomic mass is 10.1. The molecule has 1 aliphatic heterocycles. The van der Waals surface area contributed by atoms with E-state index in [0.29, 0.717) is 11.3 Å². The standard InChI is InChI=1S/C19H27N3O3.ClH/c20-15-7-8-16(12-15)21-19(24)14-5-4-6-17(11-14)25-13-18(23)22-9-2-1-3-10-22;/h4-6,11,15-16H,1-3,7-10,12-13,20H2,(H,21,24);1H/t15-,16-;/m1./s1. The molecule has 1 aliphatic carbocycles. The van der Waals surface area contributed by atoms with Gasteiger partial charge in [0, 0.05) is 30.7 Å². The van der Waals surface area contributed by atoms with Crippen LogP contribution in [-0.4, -0.2) is 48.5 Å². The summed E-state index contributed by atoms with van der Waals surface area (Å²) in [6.07, 6.45) is 6.01. The van der Waals surface area contributed by atoms with Crippen LogP contribution >= 0.6 is 12.4 Å². The van der Waals surface area contributed by atoms with Crippen LogP contribution in [0, 0.1) is 0 Å². The van der Waals surface area contributed by atoms with Crippen molar-refractivity contribution in [1.29, 1.82) is 0 Å². The number of ether oxygens (including phenoxy) is 1. The molecule has 3 N–H and O–H groups in total. The maximum absolute atomic E-state index is 12.4. The second kappa shape index (κ2) is 9.78. The van der Waals surface area contributed by atoms with Gasteiger partial charge in [0.15, 0.2) is 6.61 Å². The van der Waals surface area contributed by atoms with Gasteiger partial charge >= 0.3 is 0 Å². The molecule has 1 saturated heterocycles. The van der Waals surface area contributed by atoms with Crippen molar-refractivity contribution in [3.05, 3.63) is 29.8 Å². The van der Waals surface area contributed by atoms with E-state index in [-0.39, 0.29) is 42.9 Å². The van der Waals surface area contributed by atoms with E-state index in [2.05, 4.69) is 5.32 Å². The van der Waals surface area contributed by atoms with Crippen LogP contribution in [0.15, 0.2) is 24.3 Å². The van der Waals surface area contributed by atoms with E-state index in [4.69, 9.17) is 10.5 Å². The Bertz CT molecular complexity index is 620. The van der Waals surface area contributed by atoms with Crippen molar-refractivity contribution < 1.29 is 14.3 Å². The summed E-state index contributed by atoms with van der Waals surface area (Å²) in [6.45, 7) is 1.64. The van der Waals surface area contributed by atoms with Gasteiger partial charge < -0.3 is 20.7 Å². The number of rotatable bonds is 5. The van der Waals surface area contributed by atoms with Crippen molar-refractivity contribution in [3.63, 3.8) is 0 Å².